The maximum absolute atomic E-state index is 14.1. The Bertz CT molecular complexity index is 3760. The Morgan fingerprint density at radius 3 is 1.56 bits per heavy atom. The quantitative estimate of drug-likeness (QED) is 0.0592. The van der Waals surface area contributed by atoms with Crippen LogP contribution in [-0.4, -0.2) is 155 Å². The lowest BCUT2D eigenvalue weighted by Crippen LogP contribution is -2.46. The van der Waals surface area contributed by atoms with E-state index in [1.807, 2.05) is 77.5 Å². The number of benzene rings is 2. The second kappa shape index (κ2) is 29.8. The molecule has 25 nitrogen and oxygen atoms in total. The SMILES string of the molecule is C.CS(=O)(=O)NC(C(=O)O)c1ccccc1Br.Cc1cc2nc([C@@H]3CCCCN3)cn2nc1N1CC[C@H](NC(=O)OC(C)(C)C)C1.Cc1cc2nc([C@@H]3CCCCN3C(=O)C(NS(C)(=O)=O)c3ccccc3Br)cn2nc1N1CC[C@H](NC(=O)OC(C)(C)C)C1. The first-order valence-electron chi connectivity index (χ1n) is 29.7. The van der Waals surface area contributed by atoms with E-state index in [9.17, 15) is 36.0 Å². The Hall–Kier alpha value is -6.50. The molecule has 4 saturated heterocycles. The predicted octanol–water partition coefficient (Wildman–Crippen LogP) is 8.96. The van der Waals surface area contributed by atoms with Gasteiger partial charge in [0.15, 0.2) is 22.9 Å². The number of ether oxygens (including phenoxy) is 2. The fourth-order valence-corrected chi connectivity index (χ4v) is 13.5. The number of carbonyl (C=O) groups excluding carboxylic acids is 3. The molecule has 3 amide bonds. The van der Waals surface area contributed by atoms with Crippen LogP contribution in [0.1, 0.15) is 158 Å². The lowest BCUT2D eigenvalue weighted by atomic mass is 9.97. The van der Waals surface area contributed by atoms with Gasteiger partial charge in [-0.05, 0) is 153 Å². The van der Waals surface area contributed by atoms with E-state index in [1.165, 1.54) is 12.8 Å². The van der Waals surface area contributed by atoms with Crippen molar-refractivity contribution < 1.29 is 50.6 Å². The van der Waals surface area contributed by atoms with Crippen LogP contribution < -0.4 is 35.2 Å². The number of aromatic nitrogens is 6. The van der Waals surface area contributed by atoms with Gasteiger partial charge in [0.2, 0.25) is 26.0 Å². The number of sulfonamides is 2. The van der Waals surface area contributed by atoms with Gasteiger partial charge in [0, 0.05) is 41.7 Å². The molecule has 4 fully saturated rings. The Morgan fingerprint density at radius 2 is 1.10 bits per heavy atom. The Kier molecular flexibility index (Phi) is 23.5. The van der Waals surface area contributed by atoms with Gasteiger partial charge < -0.3 is 45.2 Å². The first kappa shape index (κ1) is 70.9. The van der Waals surface area contributed by atoms with Crippen LogP contribution in [0.2, 0.25) is 0 Å². The Labute approximate surface area is 544 Å². The smallest absolute Gasteiger partial charge is 0.407 e. The average Bonchev–Trinajstić information content (AvgIpc) is 1.64. The van der Waals surface area contributed by atoms with Gasteiger partial charge in [-0.2, -0.15) is 9.44 Å². The van der Waals surface area contributed by atoms with Crippen molar-refractivity contribution in [3.63, 3.8) is 0 Å². The van der Waals surface area contributed by atoms with Crippen LogP contribution in [0.5, 0.6) is 0 Å². The molecule has 6 aromatic rings. The highest BCUT2D eigenvalue weighted by Gasteiger charge is 2.38. The van der Waals surface area contributed by atoms with Gasteiger partial charge in [-0.1, -0.05) is 82.1 Å². The van der Waals surface area contributed by atoms with Gasteiger partial charge in [-0.25, -0.2) is 45.4 Å². The molecule has 4 aliphatic rings. The van der Waals surface area contributed by atoms with Gasteiger partial charge >= 0.3 is 18.2 Å². The molecule has 2 unspecified atom stereocenters. The van der Waals surface area contributed by atoms with Crippen LogP contribution in [0, 0.1) is 13.8 Å². The number of piperidine rings is 2. The zero-order valence-corrected chi connectivity index (χ0v) is 56.7. The number of hydrogen-bond donors (Lipinski definition) is 6. The molecule has 8 heterocycles. The number of alkyl carbamates (subject to hydrolysis) is 2. The number of nitrogens with one attached hydrogen (secondary N) is 5. The normalized spacial score (nSPS) is 19.6. The zero-order chi connectivity index (χ0) is 64.8. The first-order valence-corrected chi connectivity index (χ1v) is 35.1. The monoisotopic (exact) mass is 1410 g/mol. The van der Waals surface area contributed by atoms with Crippen molar-refractivity contribution in [3.05, 3.63) is 116 Å². The van der Waals surface area contributed by atoms with Crippen molar-refractivity contribution in [2.75, 3.05) is 61.6 Å². The minimum Gasteiger partial charge on any atom is -0.480 e. The van der Waals surface area contributed by atoms with Crippen LogP contribution in [0.25, 0.3) is 11.3 Å². The third kappa shape index (κ3) is 19.5. The summed E-state index contributed by atoms with van der Waals surface area (Å²) in [6, 6.07) is 15.4. The minimum absolute atomic E-state index is 0. The number of aryl methyl sites for hydroxylation is 2. The van der Waals surface area contributed by atoms with E-state index in [4.69, 9.17) is 34.7 Å². The molecule has 29 heteroatoms. The summed E-state index contributed by atoms with van der Waals surface area (Å²) in [6.45, 7) is 19.7. The predicted molar refractivity (Wildman–Crippen MR) is 352 cm³/mol. The number of amides is 3. The van der Waals surface area contributed by atoms with E-state index in [0.717, 1.165) is 105 Å². The summed E-state index contributed by atoms with van der Waals surface area (Å²) in [4.78, 5) is 65.2. The van der Waals surface area contributed by atoms with E-state index >= 15 is 0 Å². The van der Waals surface area contributed by atoms with Gasteiger partial charge in [-0.3, -0.25) is 9.59 Å². The van der Waals surface area contributed by atoms with Crippen LogP contribution in [0.4, 0.5) is 21.2 Å². The second-order valence-corrected chi connectivity index (χ2v) is 30.2. The molecule has 2 aromatic carbocycles. The van der Waals surface area contributed by atoms with Crippen molar-refractivity contribution in [2.24, 2.45) is 0 Å². The molecule has 0 saturated carbocycles. The van der Waals surface area contributed by atoms with Crippen LogP contribution in [0.3, 0.4) is 0 Å². The largest absolute Gasteiger partial charge is 0.480 e. The number of imidazole rings is 2. The lowest BCUT2D eigenvalue weighted by Gasteiger charge is -2.37. The number of likely N-dealkylation sites (tertiary alicyclic amines) is 1. The molecule has 90 heavy (non-hydrogen) atoms. The van der Waals surface area contributed by atoms with Crippen LogP contribution in [-0.2, 0) is 39.1 Å². The van der Waals surface area contributed by atoms with Crippen molar-refractivity contribution in [1.82, 2.24) is 59.5 Å². The molecule has 10 rings (SSSR count). The van der Waals surface area contributed by atoms with Gasteiger partial charge in [0.05, 0.1) is 60.5 Å². The highest BCUT2D eigenvalue weighted by atomic mass is 79.9. The van der Waals surface area contributed by atoms with E-state index < -0.39 is 55.4 Å². The third-order valence-corrected chi connectivity index (χ3v) is 17.8. The molecule has 492 valence electrons. The number of nitrogens with zero attached hydrogens (tertiary/aromatic N) is 9. The number of rotatable bonds is 14. The molecule has 0 spiro atoms. The molecule has 0 radical (unpaired) electrons. The summed E-state index contributed by atoms with van der Waals surface area (Å²) in [6.07, 6.45) is 12.8. The van der Waals surface area contributed by atoms with Gasteiger partial charge in [0.25, 0.3) is 0 Å². The van der Waals surface area contributed by atoms with Crippen molar-refractivity contribution in [1.29, 1.82) is 0 Å². The number of fused-ring (bicyclic) bond motifs is 2. The molecule has 0 aliphatic carbocycles. The van der Waals surface area contributed by atoms with E-state index in [0.29, 0.717) is 57.0 Å². The molecule has 0 bridgehead atoms. The number of hydrogen-bond acceptors (Lipinski definition) is 17. The summed E-state index contributed by atoms with van der Waals surface area (Å²) in [5, 5.41) is 28.2. The molecule has 4 aromatic heterocycles. The summed E-state index contributed by atoms with van der Waals surface area (Å²) in [7, 11) is -7.28. The first-order chi connectivity index (χ1) is 41.8. The van der Waals surface area contributed by atoms with Gasteiger partial charge in [0.1, 0.15) is 23.3 Å². The Balaban J connectivity index is 0.000000214. The lowest BCUT2D eigenvalue weighted by molar-refractivity contribution is -0.139. The highest BCUT2D eigenvalue weighted by Crippen LogP contribution is 2.36. The standard InChI is InChI=1S/C30H40BrN7O5S.C21H32N6O2.C9H10BrNO4S.CH4/c1-19-16-25-33-23(18-38(25)34-27(19)36-15-13-20(17-36)32-29(40)43-30(2,3)4)24-12-8-9-14-37(24)28(39)26(35-44(5,41)42)21-10-6-7-11-22(21)31;1-14-11-18-24-17(16-7-5-6-9-22-16)13-27(18)25-19(14)26-10-8-15(12-26)23-20(28)29-21(2,3)4;1-16(14,15)11-8(9(12)13)6-4-2-3-5-7(6)10;/h6-7,10-11,16,18,20,24,26,35H,8-9,12-15,17H2,1-5H3,(H,32,40);11,13,15-16,22H,5-10,12H2,1-4H3,(H,23,28);2-5,8,11H,1H3,(H,12,13);1H4/t20-,24-,26?;15-,16-;;/m00../s1. The summed E-state index contributed by atoms with van der Waals surface area (Å²) < 4.78 is 67.0. The number of anilines is 2. The molecule has 6 N–H and O–H groups in total. The molecular formula is C61H86Br2N14O11S2. The zero-order valence-electron chi connectivity index (χ0n) is 51.9. The fraction of sp³-hybridized carbons (Fsp3) is 0.541. The van der Waals surface area contributed by atoms with Crippen LogP contribution >= 0.6 is 31.9 Å². The molecular weight excluding hydrogens is 1330 g/mol. The fourth-order valence-electron chi connectivity index (χ4n) is 11.2. The Morgan fingerprint density at radius 1 is 0.644 bits per heavy atom. The average molecular weight is 1420 g/mol. The maximum atomic E-state index is 14.1. The number of carboxylic acid groups (broad SMARTS) is 1. The number of aliphatic carboxylic acids is 1. The summed E-state index contributed by atoms with van der Waals surface area (Å²) in [5.74, 6) is 0.177. The van der Waals surface area contributed by atoms with Gasteiger partial charge in [-0.15, -0.1) is 10.2 Å². The topological polar surface area (TPSA) is 305 Å². The molecule has 6 atom stereocenters. The number of carbonyl (C=O) groups is 4. The summed E-state index contributed by atoms with van der Waals surface area (Å²) >= 11 is 6.66. The third-order valence-electron chi connectivity index (χ3n) is 15.1. The van der Waals surface area contributed by atoms with Crippen LogP contribution in [0.15, 0.2) is 82.0 Å². The number of carboxylic acids is 1. The van der Waals surface area contributed by atoms with E-state index in [-0.39, 0.29) is 37.6 Å². The second-order valence-electron chi connectivity index (χ2n) is 25.0. The van der Waals surface area contributed by atoms with E-state index in [2.05, 4.69) is 80.0 Å². The minimum atomic E-state index is -3.69. The maximum Gasteiger partial charge on any atom is 0.407 e. The van der Waals surface area contributed by atoms with E-state index in [1.54, 1.807) is 51.9 Å². The number of halogens is 2. The molecule has 4 aliphatic heterocycles. The van der Waals surface area contributed by atoms with Crippen molar-refractivity contribution in [2.45, 2.75) is 162 Å². The highest BCUT2D eigenvalue weighted by molar-refractivity contribution is 9.10. The van der Waals surface area contributed by atoms with Crippen molar-refractivity contribution >= 4 is 98.9 Å². The summed E-state index contributed by atoms with van der Waals surface area (Å²) in [5.41, 5.74) is 5.24. The van der Waals surface area contributed by atoms with Crippen molar-refractivity contribution in [3.8, 4) is 0 Å².